The maximum absolute atomic E-state index is 13.1. The van der Waals surface area contributed by atoms with Gasteiger partial charge in [0.25, 0.3) is 5.91 Å². The minimum Gasteiger partial charge on any atom is -0.436 e. The number of ether oxygens (including phenoxy) is 1. The van der Waals surface area contributed by atoms with E-state index in [4.69, 9.17) is 0 Å². The van der Waals surface area contributed by atoms with Crippen LogP contribution >= 0.6 is 0 Å². The summed E-state index contributed by atoms with van der Waals surface area (Å²) in [6, 6.07) is 10.6. The van der Waals surface area contributed by atoms with E-state index in [2.05, 4.69) is 15.4 Å². The summed E-state index contributed by atoms with van der Waals surface area (Å²) in [5, 5.41) is 5.31. The number of carbonyl (C=O) groups is 3. The van der Waals surface area contributed by atoms with Crippen molar-refractivity contribution in [2.45, 2.75) is 25.2 Å². The van der Waals surface area contributed by atoms with Crippen LogP contribution in [-0.2, 0) is 20.7 Å². The van der Waals surface area contributed by atoms with Crippen molar-refractivity contribution in [3.05, 3.63) is 65.0 Å². The van der Waals surface area contributed by atoms with Crippen molar-refractivity contribution in [1.29, 1.82) is 0 Å². The molecule has 1 atom stereocenters. The van der Waals surface area contributed by atoms with Crippen LogP contribution in [0.4, 0.5) is 23.2 Å². The second-order valence-corrected chi connectivity index (χ2v) is 8.78. The number of aryl methyl sites for hydroxylation is 1. The molecule has 2 aromatic carbocycles. The van der Waals surface area contributed by atoms with Gasteiger partial charge < -0.3 is 19.9 Å². The first-order valence-electron chi connectivity index (χ1n) is 11.8. The Hall–Kier alpha value is -3.67. The highest BCUT2D eigenvalue weighted by Gasteiger charge is 2.43. The molecule has 2 aliphatic heterocycles. The number of rotatable bonds is 5. The van der Waals surface area contributed by atoms with Crippen molar-refractivity contribution in [3.63, 3.8) is 0 Å². The van der Waals surface area contributed by atoms with Gasteiger partial charge in [-0.15, -0.1) is 0 Å². The predicted molar refractivity (Wildman–Crippen MR) is 125 cm³/mol. The van der Waals surface area contributed by atoms with Gasteiger partial charge in [-0.05, 0) is 61.3 Å². The highest BCUT2D eigenvalue weighted by atomic mass is 19.4. The summed E-state index contributed by atoms with van der Waals surface area (Å²) < 4.78 is 55.9. The van der Waals surface area contributed by atoms with E-state index >= 15 is 0 Å². The van der Waals surface area contributed by atoms with Crippen molar-refractivity contribution in [2.75, 3.05) is 44.2 Å². The number of alkyl halides is 3. The molecule has 0 radical (unpaired) electrons. The lowest BCUT2D eigenvalue weighted by atomic mass is 10.00. The minimum atomic E-state index is -5.14. The number of nitrogens with zero attached hydrogens (tertiary/aromatic N) is 2. The van der Waals surface area contributed by atoms with Gasteiger partial charge in [-0.25, -0.2) is 9.18 Å². The number of piperazine rings is 1. The molecule has 1 unspecified atom stereocenters. The van der Waals surface area contributed by atoms with Gasteiger partial charge in [-0.2, -0.15) is 13.2 Å². The maximum Gasteiger partial charge on any atom is 0.490 e. The highest BCUT2D eigenvalue weighted by Crippen LogP contribution is 2.28. The summed E-state index contributed by atoms with van der Waals surface area (Å²) in [7, 11) is 0. The van der Waals surface area contributed by atoms with Crippen molar-refractivity contribution >= 4 is 23.5 Å². The van der Waals surface area contributed by atoms with Crippen LogP contribution in [0.1, 0.15) is 34.1 Å². The molecule has 2 amide bonds. The molecule has 8 nitrogen and oxygen atoms in total. The molecule has 0 saturated carbocycles. The van der Waals surface area contributed by atoms with E-state index in [-0.39, 0.29) is 29.4 Å². The van der Waals surface area contributed by atoms with E-state index < -0.39 is 24.3 Å². The number of hydrogen-bond donors (Lipinski definition) is 2. The van der Waals surface area contributed by atoms with Crippen molar-refractivity contribution in [1.82, 2.24) is 15.5 Å². The Bertz CT molecular complexity index is 1150. The third-order valence-electron chi connectivity index (χ3n) is 6.32. The van der Waals surface area contributed by atoms with Gasteiger partial charge in [-0.1, -0.05) is 6.07 Å². The van der Waals surface area contributed by atoms with Gasteiger partial charge in [0, 0.05) is 43.0 Å². The third kappa shape index (κ3) is 6.56. The monoisotopic (exact) mass is 522 g/mol. The van der Waals surface area contributed by atoms with E-state index in [0.717, 1.165) is 5.69 Å². The molecule has 0 aromatic heterocycles. The highest BCUT2D eigenvalue weighted by molar-refractivity contribution is 5.96. The Kier molecular flexibility index (Phi) is 7.96. The molecule has 1 fully saturated rings. The average Bonchev–Trinajstić information content (AvgIpc) is 3.08. The number of esters is 1. The lowest BCUT2D eigenvalue weighted by Gasteiger charge is -2.36. The van der Waals surface area contributed by atoms with Crippen LogP contribution < -0.4 is 15.5 Å². The topological polar surface area (TPSA) is 91.0 Å². The van der Waals surface area contributed by atoms with Crippen molar-refractivity contribution < 1.29 is 36.7 Å². The molecule has 0 aliphatic carbocycles. The average molecular weight is 522 g/mol. The maximum atomic E-state index is 13.1. The summed E-state index contributed by atoms with van der Waals surface area (Å²) in [6.45, 7) is 2.06. The number of fused-ring (bicyclic) bond motifs is 1. The van der Waals surface area contributed by atoms with Crippen LogP contribution in [0.2, 0.25) is 0 Å². The fourth-order valence-electron chi connectivity index (χ4n) is 4.34. The molecule has 2 aromatic rings. The van der Waals surface area contributed by atoms with E-state index in [0.29, 0.717) is 51.1 Å². The van der Waals surface area contributed by atoms with E-state index in [9.17, 15) is 31.9 Å². The molecule has 2 aliphatic rings. The Morgan fingerprint density at radius 1 is 1.03 bits per heavy atom. The molecule has 2 N–H and O–H groups in total. The number of hydrogen-bond acceptors (Lipinski definition) is 6. The third-order valence-corrected chi connectivity index (χ3v) is 6.32. The van der Waals surface area contributed by atoms with Crippen molar-refractivity contribution in [3.8, 4) is 0 Å². The van der Waals surface area contributed by atoms with Gasteiger partial charge in [0.1, 0.15) is 5.82 Å². The smallest absolute Gasteiger partial charge is 0.436 e. The summed E-state index contributed by atoms with van der Waals surface area (Å²) in [6.07, 6.45) is -5.35. The predicted octanol–water partition coefficient (Wildman–Crippen LogP) is 2.54. The molecule has 1 saturated heterocycles. The van der Waals surface area contributed by atoms with Crippen LogP contribution in [0, 0.1) is 5.82 Å². The van der Waals surface area contributed by atoms with E-state index in [1.807, 2.05) is 4.90 Å². The molecular weight excluding hydrogens is 496 g/mol. The number of benzene rings is 2. The Balaban J connectivity index is 1.34. The second-order valence-electron chi connectivity index (χ2n) is 8.78. The first kappa shape index (κ1) is 26.4. The second kappa shape index (κ2) is 11.2. The standard InChI is InChI=1S/C25H26F4N4O4/c26-18-5-7-19(8-6-18)32-10-12-33(13-11-32)21(34)15-31-22(35)17-4-3-16-2-1-9-30-23(20(16)14-17)37-24(36)25(27,28)29/h3-8,14,23,30H,1-2,9-13,15H2,(H,31,35). The molecule has 37 heavy (non-hydrogen) atoms. The number of halogens is 4. The molecule has 2 heterocycles. The minimum absolute atomic E-state index is 0.129. The number of carbonyl (C=O) groups excluding carboxylic acids is 3. The summed E-state index contributed by atoms with van der Waals surface area (Å²) in [5.41, 5.74) is 1.92. The Labute approximate surface area is 210 Å². The molecular formula is C25H26F4N4O4. The zero-order valence-corrected chi connectivity index (χ0v) is 19.8. The molecule has 198 valence electrons. The van der Waals surface area contributed by atoms with Crippen LogP contribution in [0.15, 0.2) is 42.5 Å². The van der Waals surface area contributed by atoms with Crippen molar-refractivity contribution in [2.24, 2.45) is 0 Å². The van der Waals surface area contributed by atoms with Gasteiger partial charge in [0.05, 0.1) is 6.54 Å². The fraction of sp³-hybridized carbons (Fsp3) is 0.400. The SMILES string of the molecule is O=C(NCC(=O)N1CCN(c2ccc(F)cc2)CC1)c1ccc2c(c1)C(OC(=O)C(F)(F)F)NCCC2. The molecule has 0 spiro atoms. The number of amides is 2. The largest absolute Gasteiger partial charge is 0.490 e. The first-order chi connectivity index (χ1) is 17.6. The van der Waals surface area contributed by atoms with Crippen LogP contribution in [-0.4, -0.2) is 68.1 Å². The quantitative estimate of drug-likeness (QED) is 0.464. The summed E-state index contributed by atoms with van der Waals surface area (Å²) >= 11 is 0. The summed E-state index contributed by atoms with van der Waals surface area (Å²) in [4.78, 5) is 40.4. The Morgan fingerprint density at radius 3 is 2.41 bits per heavy atom. The summed E-state index contributed by atoms with van der Waals surface area (Å²) in [5.74, 6) is -3.50. The van der Waals surface area contributed by atoms with Gasteiger partial charge in [0.15, 0.2) is 6.23 Å². The first-order valence-corrected chi connectivity index (χ1v) is 11.8. The van der Waals surface area contributed by atoms with E-state index in [1.165, 1.54) is 24.3 Å². The number of nitrogens with one attached hydrogen (secondary N) is 2. The Morgan fingerprint density at radius 2 is 1.73 bits per heavy atom. The normalized spacial score (nSPS) is 18.0. The molecule has 4 rings (SSSR count). The molecule has 12 heteroatoms. The van der Waals surface area contributed by atoms with E-state index in [1.54, 1.807) is 23.1 Å². The van der Waals surface area contributed by atoms with Crippen LogP contribution in [0.25, 0.3) is 0 Å². The fourth-order valence-corrected chi connectivity index (χ4v) is 4.34. The van der Waals surface area contributed by atoms with Crippen LogP contribution in [0.5, 0.6) is 0 Å². The van der Waals surface area contributed by atoms with Gasteiger partial charge >= 0.3 is 12.1 Å². The van der Waals surface area contributed by atoms with Gasteiger partial charge in [0.2, 0.25) is 5.91 Å². The lowest BCUT2D eigenvalue weighted by Crippen LogP contribution is -2.51. The molecule has 0 bridgehead atoms. The lowest BCUT2D eigenvalue weighted by molar-refractivity contribution is -0.206. The zero-order chi connectivity index (χ0) is 26.6. The van der Waals surface area contributed by atoms with Crippen LogP contribution in [0.3, 0.4) is 0 Å². The zero-order valence-electron chi connectivity index (χ0n) is 19.8. The number of anilines is 1. The van der Waals surface area contributed by atoms with Gasteiger partial charge in [-0.3, -0.25) is 14.9 Å².